The highest BCUT2D eigenvalue weighted by Crippen LogP contribution is 2.50. The highest BCUT2D eigenvalue weighted by molar-refractivity contribution is 7.93. The van der Waals surface area contributed by atoms with Crippen molar-refractivity contribution in [2.24, 2.45) is 0 Å². The Kier molecular flexibility index (Phi) is 4.15. The molecule has 1 atom stereocenters. The lowest BCUT2D eigenvalue weighted by Gasteiger charge is -2.49. The number of likely N-dealkylation sites (tertiary alicyclic amines) is 1. The molecule has 9 heteroatoms. The Hall–Kier alpha value is -2.10. The first-order chi connectivity index (χ1) is 13.5. The summed E-state index contributed by atoms with van der Waals surface area (Å²) in [5, 5.41) is 8.10. The first-order valence-electron chi connectivity index (χ1n) is 9.02. The van der Waals surface area contributed by atoms with Crippen LogP contribution < -0.4 is 0 Å². The lowest BCUT2D eigenvalue weighted by atomic mass is 9.83. The van der Waals surface area contributed by atoms with E-state index in [1.807, 2.05) is 5.38 Å². The van der Waals surface area contributed by atoms with Gasteiger partial charge in [-0.2, -0.15) is 16.3 Å². The number of hydrogen-bond donors (Lipinski definition) is 0. The predicted octanol–water partition coefficient (Wildman–Crippen LogP) is 3.09. The number of halogens is 1. The third-order valence-corrected chi connectivity index (χ3v) is 9.03. The molecule has 2 aliphatic rings. The zero-order chi connectivity index (χ0) is 19.4. The van der Waals surface area contributed by atoms with Gasteiger partial charge in [0.05, 0.1) is 11.7 Å². The average molecular weight is 420 g/mol. The Balaban J connectivity index is 1.40. The van der Waals surface area contributed by atoms with Crippen LogP contribution in [0.15, 0.2) is 45.6 Å². The van der Waals surface area contributed by atoms with E-state index in [0.717, 1.165) is 6.54 Å². The summed E-state index contributed by atoms with van der Waals surface area (Å²) in [6, 6.07) is 7.89. The molecule has 2 aromatic heterocycles. The highest BCUT2D eigenvalue weighted by atomic mass is 32.2. The van der Waals surface area contributed by atoms with E-state index in [4.69, 9.17) is 4.52 Å². The summed E-state index contributed by atoms with van der Waals surface area (Å²) in [5.74, 6) is 0.198. The van der Waals surface area contributed by atoms with Gasteiger partial charge in [-0.1, -0.05) is 5.16 Å². The minimum Gasteiger partial charge on any atom is -0.339 e. The van der Waals surface area contributed by atoms with Crippen molar-refractivity contribution < 1.29 is 17.3 Å². The molecule has 0 radical (unpaired) electrons. The Morgan fingerprint density at radius 2 is 2.04 bits per heavy atom. The first kappa shape index (κ1) is 18.0. The summed E-state index contributed by atoms with van der Waals surface area (Å²) in [6.45, 7) is 1.70. The van der Waals surface area contributed by atoms with Crippen molar-refractivity contribution in [1.29, 1.82) is 0 Å². The molecule has 4 heterocycles. The van der Waals surface area contributed by atoms with Crippen molar-refractivity contribution in [2.45, 2.75) is 23.6 Å². The summed E-state index contributed by atoms with van der Waals surface area (Å²) < 4.78 is 43.5. The predicted molar refractivity (Wildman–Crippen MR) is 103 cm³/mol. The van der Waals surface area contributed by atoms with Crippen molar-refractivity contribution in [3.8, 4) is 11.4 Å². The Morgan fingerprint density at radius 3 is 2.75 bits per heavy atom. The van der Waals surface area contributed by atoms with Gasteiger partial charge in [0.25, 0.3) is 0 Å². The summed E-state index contributed by atoms with van der Waals surface area (Å²) in [4.78, 5) is 6.60. The zero-order valence-electron chi connectivity index (χ0n) is 14.9. The summed E-state index contributed by atoms with van der Waals surface area (Å²) in [6.07, 6.45) is 0.486. The van der Waals surface area contributed by atoms with Crippen LogP contribution >= 0.6 is 11.3 Å². The fraction of sp³-hybridized carbons (Fsp3) is 0.368. The molecule has 0 saturated carbocycles. The summed E-state index contributed by atoms with van der Waals surface area (Å²) >= 11 is 1.64. The van der Waals surface area contributed by atoms with Crippen molar-refractivity contribution in [2.75, 3.05) is 18.8 Å². The van der Waals surface area contributed by atoms with Crippen LogP contribution in [-0.2, 0) is 16.4 Å². The van der Waals surface area contributed by atoms with Gasteiger partial charge in [-0.3, -0.25) is 4.90 Å². The lowest BCUT2D eigenvalue weighted by Crippen LogP contribution is -2.65. The fourth-order valence-corrected chi connectivity index (χ4v) is 7.30. The summed E-state index contributed by atoms with van der Waals surface area (Å²) in [5.41, 5.74) is 1.84. The Bertz CT molecular complexity index is 1090. The van der Waals surface area contributed by atoms with Gasteiger partial charge in [-0.25, -0.2) is 12.8 Å². The molecule has 0 N–H and O–H groups in total. The maximum absolute atomic E-state index is 13.1. The molecule has 0 amide bonds. The van der Waals surface area contributed by atoms with E-state index in [1.165, 1.54) is 17.7 Å². The number of aromatic nitrogens is 2. The third kappa shape index (κ3) is 2.80. The highest BCUT2D eigenvalue weighted by Gasteiger charge is 2.63. The zero-order valence-corrected chi connectivity index (χ0v) is 16.5. The van der Waals surface area contributed by atoms with E-state index in [2.05, 4.69) is 26.5 Å². The van der Waals surface area contributed by atoms with Gasteiger partial charge in [0.1, 0.15) is 10.6 Å². The van der Waals surface area contributed by atoms with E-state index < -0.39 is 14.6 Å². The van der Waals surface area contributed by atoms with Crippen molar-refractivity contribution in [3.63, 3.8) is 0 Å². The lowest BCUT2D eigenvalue weighted by molar-refractivity contribution is 0.0901. The second kappa shape index (κ2) is 6.47. The van der Waals surface area contributed by atoms with E-state index in [9.17, 15) is 12.8 Å². The number of benzene rings is 1. The third-order valence-electron chi connectivity index (χ3n) is 5.74. The van der Waals surface area contributed by atoms with Gasteiger partial charge in [-0.15, -0.1) is 0 Å². The van der Waals surface area contributed by atoms with Gasteiger partial charge in [0.15, 0.2) is 9.84 Å². The number of hydrogen-bond acceptors (Lipinski definition) is 7. The molecule has 2 saturated heterocycles. The number of sulfone groups is 1. The normalized spacial score (nSPS) is 23.1. The van der Waals surface area contributed by atoms with Crippen LogP contribution in [0.1, 0.15) is 23.8 Å². The van der Waals surface area contributed by atoms with Gasteiger partial charge in [0, 0.05) is 25.2 Å². The SMILES string of the molecule is O=S1(=O)CCC(c2nc(-c3ccc(F)cc3)no2)C12CN(Cc1ccsc1)C2. The van der Waals surface area contributed by atoms with Gasteiger partial charge < -0.3 is 4.52 Å². The molecule has 6 nitrogen and oxygen atoms in total. The van der Waals surface area contributed by atoms with Crippen molar-refractivity contribution in [1.82, 2.24) is 15.0 Å². The average Bonchev–Trinajstić information content (AvgIpc) is 3.35. The summed E-state index contributed by atoms with van der Waals surface area (Å²) in [7, 11) is -3.24. The topological polar surface area (TPSA) is 76.3 Å². The molecule has 5 rings (SSSR count). The number of rotatable bonds is 4. The molecular formula is C19H18FN3O3S2. The maximum Gasteiger partial charge on any atom is 0.231 e. The van der Waals surface area contributed by atoms with Gasteiger partial charge >= 0.3 is 0 Å². The molecule has 0 bridgehead atoms. The molecule has 0 aliphatic carbocycles. The molecule has 1 spiro atoms. The first-order valence-corrected chi connectivity index (χ1v) is 11.6. The molecular weight excluding hydrogens is 401 g/mol. The molecule has 28 heavy (non-hydrogen) atoms. The Morgan fingerprint density at radius 1 is 1.25 bits per heavy atom. The van der Waals surface area contributed by atoms with Crippen LogP contribution in [0.2, 0.25) is 0 Å². The van der Waals surface area contributed by atoms with Crippen molar-refractivity contribution in [3.05, 3.63) is 58.4 Å². The van der Waals surface area contributed by atoms with Gasteiger partial charge in [-0.05, 0) is 53.1 Å². The van der Waals surface area contributed by atoms with Crippen LogP contribution in [0.25, 0.3) is 11.4 Å². The van der Waals surface area contributed by atoms with Gasteiger partial charge in [0.2, 0.25) is 11.7 Å². The van der Waals surface area contributed by atoms with Crippen LogP contribution in [-0.4, -0.2) is 47.0 Å². The van der Waals surface area contributed by atoms with E-state index >= 15 is 0 Å². The van der Waals surface area contributed by atoms with Crippen LogP contribution in [0.3, 0.4) is 0 Å². The molecule has 2 aliphatic heterocycles. The molecule has 3 aromatic rings. The smallest absolute Gasteiger partial charge is 0.231 e. The minimum absolute atomic E-state index is 0.137. The Labute approximate surface area is 165 Å². The second-order valence-electron chi connectivity index (χ2n) is 7.46. The molecule has 146 valence electrons. The van der Waals surface area contributed by atoms with Crippen LogP contribution in [0.4, 0.5) is 4.39 Å². The maximum atomic E-state index is 13.1. The van der Waals surface area contributed by atoms with Crippen LogP contribution in [0.5, 0.6) is 0 Å². The standard InChI is InChI=1S/C19H18FN3O3S2/c20-15-3-1-14(2-4-15)17-21-18(26-22-17)16-6-8-28(24,25)19(16)11-23(12-19)9-13-5-7-27-10-13/h1-5,7,10,16H,6,8-9,11-12H2. The second-order valence-corrected chi connectivity index (χ2v) is 10.7. The van der Waals surface area contributed by atoms with Crippen molar-refractivity contribution >= 4 is 21.2 Å². The quantitative estimate of drug-likeness (QED) is 0.647. The molecule has 1 aromatic carbocycles. The molecule has 2 fully saturated rings. The van der Waals surface area contributed by atoms with E-state index in [-0.39, 0.29) is 17.5 Å². The van der Waals surface area contributed by atoms with E-state index in [0.29, 0.717) is 36.8 Å². The van der Waals surface area contributed by atoms with Crippen LogP contribution in [0, 0.1) is 5.82 Å². The fourth-order valence-electron chi connectivity index (χ4n) is 4.28. The largest absolute Gasteiger partial charge is 0.339 e. The molecule has 1 unspecified atom stereocenters. The minimum atomic E-state index is -3.24. The van der Waals surface area contributed by atoms with E-state index in [1.54, 1.807) is 23.5 Å². The number of nitrogens with zero attached hydrogens (tertiary/aromatic N) is 3. The monoisotopic (exact) mass is 419 g/mol. The number of thiophene rings is 1.